The van der Waals surface area contributed by atoms with E-state index in [2.05, 4.69) is 10.6 Å². The number of ether oxygens (including phenoxy) is 1. The second-order valence-electron chi connectivity index (χ2n) is 5.36. The molecule has 1 saturated carbocycles. The molecule has 2 atom stereocenters. The van der Waals surface area contributed by atoms with Crippen LogP contribution in [0.4, 0.5) is 10.5 Å². The number of aliphatic hydroxyl groups excluding tert-OH is 1. The van der Waals surface area contributed by atoms with Gasteiger partial charge in [0, 0.05) is 11.1 Å². The van der Waals surface area contributed by atoms with Crippen LogP contribution in [0.25, 0.3) is 0 Å². The zero-order valence-electron chi connectivity index (χ0n) is 12.3. The van der Waals surface area contributed by atoms with E-state index in [1.807, 2.05) is 6.92 Å². The molecule has 0 radical (unpaired) electrons. The number of anilines is 1. The van der Waals surface area contributed by atoms with Crippen molar-refractivity contribution in [1.29, 1.82) is 0 Å². The molecule has 116 valence electrons. The number of urea groups is 1. The van der Waals surface area contributed by atoms with Crippen LogP contribution in [-0.2, 0) is 0 Å². The molecule has 2 amide bonds. The van der Waals surface area contributed by atoms with E-state index in [9.17, 15) is 9.90 Å². The van der Waals surface area contributed by atoms with Crippen LogP contribution < -0.4 is 15.4 Å². The van der Waals surface area contributed by atoms with E-state index in [1.54, 1.807) is 12.1 Å². The first-order chi connectivity index (χ1) is 10.0. The molecule has 5 nitrogen and oxygen atoms in total. The highest BCUT2D eigenvalue weighted by Crippen LogP contribution is 2.31. The lowest BCUT2D eigenvalue weighted by Gasteiger charge is -2.28. The van der Waals surface area contributed by atoms with Crippen molar-refractivity contribution in [3.05, 3.63) is 22.7 Å². The van der Waals surface area contributed by atoms with Crippen molar-refractivity contribution < 1.29 is 14.6 Å². The normalized spacial score (nSPS) is 21.7. The second kappa shape index (κ2) is 7.00. The Hall–Kier alpha value is -1.46. The molecule has 6 heteroatoms. The van der Waals surface area contributed by atoms with Gasteiger partial charge >= 0.3 is 6.03 Å². The average Bonchev–Trinajstić information content (AvgIpc) is 2.45. The fourth-order valence-electron chi connectivity index (χ4n) is 2.54. The molecule has 1 aliphatic carbocycles. The largest absolute Gasteiger partial charge is 0.495 e. The minimum absolute atomic E-state index is 0.196. The summed E-state index contributed by atoms with van der Waals surface area (Å²) >= 11 is 6.03. The van der Waals surface area contributed by atoms with Crippen molar-refractivity contribution in [1.82, 2.24) is 5.32 Å². The summed E-state index contributed by atoms with van der Waals surface area (Å²) in [5.41, 5.74) is 1.41. The molecule has 0 aromatic heterocycles. The Balaban J connectivity index is 2.03. The molecule has 0 aliphatic heterocycles. The first-order valence-electron chi connectivity index (χ1n) is 7.11. The number of hydrogen-bond acceptors (Lipinski definition) is 3. The number of rotatable bonds is 3. The minimum Gasteiger partial charge on any atom is -0.495 e. The second-order valence-corrected chi connectivity index (χ2v) is 5.77. The van der Waals surface area contributed by atoms with Gasteiger partial charge in [-0.25, -0.2) is 4.79 Å². The van der Waals surface area contributed by atoms with Crippen LogP contribution in [0.2, 0.25) is 5.02 Å². The van der Waals surface area contributed by atoms with E-state index in [4.69, 9.17) is 16.3 Å². The standard InChI is InChI=1S/C15H21ClN2O3/c1-9-7-12(14(21-2)8-10(9)16)18-15(20)17-11-5-3-4-6-13(11)19/h7-8,11,13,19H,3-6H2,1-2H3,(H2,17,18,20). The summed E-state index contributed by atoms with van der Waals surface area (Å²) in [6, 6.07) is 2.89. The molecule has 3 N–H and O–H groups in total. The predicted molar refractivity (Wildman–Crippen MR) is 83.2 cm³/mol. The van der Waals surface area contributed by atoms with Crippen LogP contribution in [0.15, 0.2) is 12.1 Å². The molecule has 1 fully saturated rings. The third-order valence-corrected chi connectivity index (χ3v) is 4.18. The van der Waals surface area contributed by atoms with Crippen LogP contribution >= 0.6 is 11.6 Å². The summed E-state index contributed by atoms with van der Waals surface area (Å²) in [7, 11) is 1.52. The van der Waals surface area contributed by atoms with Gasteiger partial charge in [-0.15, -0.1) is 0 Å². The van der Waals surface area contributed by atoms with Crippen molar-refractivity contribution in [2.75, 3.05) is 12.4 Å². The highest BCUT2D eigenvalue weighted by Gasteiger charge is 2.24. The predicted octanol–water partition coefficient (Wildman–Crippen LogP) is 3.08. The van der Waals surface area contributed by atoms with Crippen LogP contribution in [-0.4, -0.2) is 30.4 Å². The third kappa shape index (κ3) is 4.02. The maximum absolute atomic E-state index is 12.1. The average molecular weight is 313 g/mol. The van der Waals surface area contributed by atoms with Crippen molar-refractivity contribution in [3.63, 3.8) is 0 Å². The number of halogens is 1. The van der Waals surface area contributed by atoms with Gasteiger partial charge in [0.25, 0.3) is 0 Å². The zero-order chi connectivity index (χ0) is 15.4. The summed E-state index contributed by atoms with van der Waals surface area (Å²) in [6.45, 7) is 1.86. The summed E-state index contributed by atoms with van der Waals surface area (Å²) in [5, 5.41) is 16.0. The van der Waals surface area contributed by atoms with Crippen LogP contribution in [0, 0.1) is 6.92 Å². The lowest BCUT2D eigenvalue weighted by Crippen LogP contribution is -2.46. The van der Waals surface area contributed by atoms with E-state index >= 15 is 0 Å². The fourth-order valence-corrected chi connectivity index (χ4v) is 2.69. The number of methoxy groups -OCH3 is 1. The molecule has 0 heterocycles. The maximum atomic E-state index is 12.1. The third-order valence-electron chi connectivity index (χ3n) is 3.77. The quantitative estimate of drug-likeness (QED) is 0.803. The number of hydrogen-bond donors (Lipinski definition) is 3. The van der Waals surface area contributed by atoms with Gasteiger partial charge in [-0.2, -0.15) is 0 Å². The number of aryl methyl sites for hydroxylation is 1. The first-order valence-corrected chi connectivity index (χ1v) is 7.48. The number of carbonyl (C=O) groups is 1. The van der Waals surface area contributed by atoms with Gasteiger partial charge in [-0.1, -0.05) is 24.4 Å². The number of aliphatic hydroxyl groups is 1. The van der Waals surface area contributed by atoms with Gasteiger partial charge in [0.05, 0.1) is 24.9 Å². The Morgan fingerprint density at radius 1 is 1.38 bits per heavy atom. The first kappa shape index (κ1) is 15.9. The summed E-state index contributed by atoms with van der Waals surface area (Å²) in [6.07, 6.45) is 3.08. The van der Waals surface area contributed by atoms with E-state index in [0.717, 1.165) is 31.2 Å². The topological polar surface area (TPSA) is 70.6 Å². The molecule has 2 unspecified atom stereocenters. The van der Waals surface area contributed by atoms with Crippen LogP contribution in [0.1, 0.15) is 31.2 Å². The van der Waals surface area contributed by atoms with Gasteiger partial charge in [0.15, 0.2) is 0 Å². The van der Waals surface area contributed by atoms with E-state index < -0.39 is 6.10 Å². The Labute approximate surface area is 129 Å². The van der Waals surface area contributed by atoms with Gasteiger partial charge in [-0.05, 0) is 31.4 Å². The fraction of sp³-hybridized carbons (Fsp3) is 0.533. The Morgan fingerprint density at radius 3 is 2.76 bits per heavy atom. The monoisotopic (exact) mass is 312 g/mol. The van der Waals surface area contributed by atoms with Gasteiger partial charge < -0.3 is 20.5 Å². The van der Waals surface area contributed by atoms with Crippen LogP contribution in [0.5, 0.6) is 5.75 Å². The Morgan fingerprint density at radius 2 is 2.10 bits per heavy atom. The number of nitrogens with one attached hydrogen (secondary N) is 2. The lowest BCUT2D eigenvalue weighted by molar-refractivity contribution is 0.0955. The number of benzene rings is 1. The number of carbonyl (C=O) groups excluding carboxylic acids is 1. The molecule has 0 saturated heterocycles. The lowest BCUT2D eigenvalue weighted by atomic mass is 9.93. The molecule has 1 aromatic carbocycles. The minimum atomic E-state index is -0.474. The smallest absolute Gasteiger partial charge is 0.319 e. The van der Waals surface area contributed by atoms with E-state index in [0.29, 0.717) is 16.5 Å². The van der Waals surface area contributed by atoms with E-state index in [-0.39, 0.29) is 12.1 Å². The van der Waals surface area contributed by atoms with Gasteiger partial charge in [0.2, 0.25) is 0 Å². The van der Waals surface area contributed by atoms with Crippen molar-refractivity contribution >= 4 is 23.3 Å². The van der Waals surface area contributed by atoms with Gasteiger partial charge in [-0.3, -0.25) is 0 Å². The number of amides is 2. The van der Waals surface area contributed by atoms with Crippen molar-refractivity contribution in [3.8, 4) is 5.75 Å². The molecule has 0 spiro atoms. The molecule has 1 aromatic rings. The Bertz CT molecular complexity index is 522. The highest BCUT2D eigenvalue weighted by molar-refractivity contribution is 6.31. The van der Waals surface area contributed by atoms with E-state index in [1.165, 1.54) is 7.11 Å². The molecule has 21 heavy (non-hydrogen) atoms. The molecule has 1 aliphatic rings. The van der Waals surface area contributed by atoms with Gasteiger partial charge in [0.1, 0.15) is 5.75 Å². The highest BCUT2D eigenvalue weighted by atomic mass is 35.5. The molecule has 0 bridgehead atoms. The van der Waals surface area contributed by atoms with Crippen molar-refractivity contribution in [2.45, 2.75) is 44.8 Å². The maximum Gasteiger partial charge on any atom is 0.319 e. The summed E-state index contributed by atoms with van der Waals surface area (Å²) in [4.78, 5) is 12.1. The summed E-state index contributed by atoms with van der Waals surface area (Å²) < 4.78 is 5.22. The summed E-state index contributed by atoms with van der Waals surface area (Å²) in [5.74, 6) is 0.505. The zero-order valence-corrected chi connectivity index (χ0v) is 13.0. The molecular weight excluding hydrogens is 292 g/mol. The molecule has 2 rings (SSSR count). The van der Waals surface area contributed by atoms with Crippen molar-refractivity contribution in [2.24, 2.45) is 0 Å². The molecular formula is C15H21ClN2O3. The SMILES string of the molecule is COc1cc(Cl)c(C)cc1NC(=O)NC1CCCCC1O. The Kier molecular flexibility index (Phi) is 5.31. The van der Waals surface area contributed by atoms with Crippen LogP contribution in [0.3, 0.4) is 0 Å².